The highest BCUT2D eigenvalue weighted by atomic mass is 35.5. The molecular weight excluding hydrogens is 310 g/mol. The molecule has 0 aliphatic carbocycles. The normalized spacial score (nSPS) is 17.7. The second-order valence-corrected chi connectivity index (χ2v) is 6.35. The van der Waals surface area contributed by atoms with Crippen LogP contribution < -0.4 is 5.32 Å². The number of anilines is 2. The fourth-order valence-corrected chi connectivity index (χ4v) is 3.12. The molecule has 6 heteroatoms. The molecule has 0 saturated carbocycles. The molecule has 0 radical (unpaired) electrons. The Morgan fingerprint density at radius 3 is 2.78 bits per heavy atom. The number of rotatable bonds is 0. The minimum Gasteiger partial charge on any atom is -0.353 e. The minimum atomic E-state index is 0.686. The Kier molecular flexibility index (Phi) is 3.67. The second-order valence-electron chi connectivity index (χ2n) is 5.91. The lowest BCUT2D eigenvalue weighted by Gasteiger charge is -2.34. The number of hydrogen-bond donors (Lipinski definition) is 1. The first-order chi connectivity index (χ1) is 11.2. The third kappa shape index (κ3) is 2.78. The van der Waals surface area contributed by atoms with Crippen molar-refractivity contribution in [3.63, 3.8) is 0 Å². The molecule has 0 spiro atoms. The fourth-order valence-electron chi connectivity index (χ4n) is 2.95. The Bertz CT molecular complexity index is 765. The molecule has 2 aromatic rings. The van der Waals surface area contributed by atoms with Crippen LogP contribution in [0.25, 0.3) is 0 Å². The van der Waals surface area contributed by atoms with E-state index in [1.54, 1.807) is 6.20 Å². The number of aromatic nitrogens is 1. The number of halogens is 1. The first-order valence-corrected chi connectivity index (χ1v) is 8.13. The van der Waals surface area contributed by atoms with E-state index < -0.39 is 0 Å². The predicted molar refractivity (Wildman–Crippen MR) is 94.2 cm³/mol. The van der Waals surface area contributed by atoms with Gasteiger partial charge in [0.2, 0.25) is 0 Å². The molecule has 1 aromatic heterocycles. The summed E-state index contributed by atoms with van der Waals surface area (Å²) < 4.78 is 0. The van der Waals surface area contributed by atoms with Crippen molar-refractivity contribution in [2.24, 2.45) is 4.99 Å². The molecule has 1 N–H and O–H groups in total. The number of amidine groups is 1. The van der Waals surface area contributed by atoms with E-state index in [2.05, 4.69) is 33.2 Å². The number of piperazine rings is 1. The summed E-state index contributed by atoms with van der Waals surface area (Å²) in [6, 6.07) is 9.74. The molecule has 1 fully saturated rings. The van der Waals surface area contributed by atoms with Gasteiger partial charge in [0.1, 0.15) is 11.7 Å². The molecule has 3 heterocycles. The zero-order valence-corrected chi connectivity index (χ0v) is 13.7. The van der Waals surface area contributed by atoms with Gasteiger partial charge < -0.3 is 15.1 Å². The zero-order chi connectivity index (χ0) is 15.8. The monoisotopic (exact) mass is 327 g/mol. The Balaban J connectivity index is 1.83. The summed E-state index contributed by atoms with van der Waals surface area (Å²) in [5, 5.41) is 4.07. The van der Waals surface area contributed by atoms with E-state index in [-0.39, 0.29) is 0 Å². The Hall–Kier alpha value is -2.11. The molecule has 5 nitrogen and oxygen atoms in total. The van der Waals surface area contributed by atoms with E-state index in [1.807, 2.05) is 24.3 Å². The predicted octanol–water partition coefficient (Wildman–Crippen LogP) is 3.12. The Morgan fingerprint density at radius 2 is 1.96 bits per heavy atom. The van der Waals surface area contributed by atoms with Gasteiger partial charge in [-0.15, -0.1) is 0 Å². The number of pyridine rings is 1. The van der Waals surface area contributed by atoms with Crippen LogP contribution in [-0.2, 0) is 0 Å². The van der Waals surface area contributed by atoms with Crippen LogP contribution in [0.1, 0.15) is 5.56 Å². The smallest absolute Gasteiger partial charge is 0.141 e. The van der Waals surface area contributed by atoms with Gasteiger partial charge in [0.05, 0.1) is 16.9 Å². The maximum Gasteiger partial charge on any atom is 0.141 e. The summed E-state index contributed by atoms with van der Waals surface area (Å²) in [4.78, 5) is 14.1. The summed E-state index contributed by atoms with van der Waals surface area (Å²) in [6.07, 6.45) is 1.80. The highest BCUT2D eigenvalue weighted by Crippen LogP contribution is 2.35. The van der Waals surface area contributed by atoms with Crippen LogP contribution in [0, 0.1) is 0 Å². The molecule has 23 heavy (non-hydrogen) atoms. The van der Waals surface area contributed by atoms with Crippen LogP contribution in [0.2, 0.25) is 5.02 Å². The summed E-state index contributed by atoms with van der Waals surface area (Å²) >= 11 is 6.16. The number of aliphatic imine (C=N–C) groups is 1. The van der Waals surface area contributed by atoms with Gasteiger partial charge >= 0.3 is 0 Å². The number of nitrogens with zero attached hydrogens (tertiary/aromatic N) is 4. The number of benzene rings is 1. The van der Waals surface area contributed by atoms with Crippen molar-refractivity contribution in [2.45, 2.75) is 0 Å². The van der Waals surface area contributed by atoms with Crippen LogP contribution in [0.3, 0.4) is 0 Å². The lowest BCUT2D eigenvalue weighted by Crippen LogP contribution is -2.47. The molecule has 2 aliphatic heterocycles. The van der Waals surface area contributed by atoms with E-state index in [0.29, 0.717) is 5.02 Å². The molecule has 1 saturated heterocycles. The standard InChI is InChI=1S/C17H18ClN5/c1-22-7-9-23(10-8-22)17-13-3-2-6-19-16(13)20-14-5-4-12(18)11-15(14)21-17/h2-6,11H,7-10H2,1H3,(H,19,20). The van der Waals surface area contributed by atoms with Gasteiger partial charge in [-0.3, -0.25) is 0 Å². The quantitative estimate of drug-likeness (QED) is 0.807. The third-order valence-corrected chi connectivity index (χ3v) is 4.53. The first-order valence-electron chi connectivity index (χ1n) is 7.75. The van der Waals surface area contributed by atoms with E-state index in [0.717, 1.165) is 54.8 Å². The molecule has 1 aromatic carbocycles. The number of fused-ring (bicyclic) bond motifs is 2. The fraction of sp³-hybridized carbons (Fsp3) is 0.294. The van der Waals surface area contributed by atoms with Crippen LogP contribution in [0.15, 0.2) is 41.5 Å². The second kappa shape index (κ2) is 5.83. The highest BCUT2D eigenvalue weighted by Gasteiger charge is 2.24. The van der Waals surface area contributed by atoms with Crippen molar-refractivity contribution in [1.82, 2.24) is 14.8 Å². The average Bonchev–Trinajstić information content (AvgIpc) is 2.72. The molecule has 4 rings (SSSR count). The molecule has 0 bridgehead atoms. The number of hydrogen-bond acceptors (Lipinski definition) is 5. The van der Waals surface area contributed by atoms with E-state index >= 15 is 0 Å². The van der Waals surface area contributed by atoms with Crippen molar-refractivity contribution in [1.29, 1.82) is 0 Å². The zero-order valence-electron chi connectivity index (χ0n) is 13.0. The van der Waals surface area contributed by atoms with Gasteiger partial charge in [0.25, 0.3) is 0 Å². The van der Waals surface area contributed by atoms with Crippen molar-refractivity contribution in [3.05, 3.63) is 47.1 Å². The van der Waals surface area contributed by atoms with Crippen molar-refractivity contribution in [3.8, 4) is 0 Å². The largest absolute Gasteiger partial charge is 0.353 e. The Morgan fingerprint density at radius 1 is 1.13 bits per heavy atom. The van der Waals surface area contributed by atoms with Gasteiger partial charge in [-0.25, -0.2) is 9.98 Å². The van der Waals surface area contributed by atoms with Crippen LogP contribution in [0.5, 0.6) is 0 Å². The summed E-state index contributed by atoms with van der Waals surface area (Å²) in [6.45, 7) is 3.98. The highest BCUT2D eigenvalue weighted by molar-refractivity contribution is 6.31. The summed E-state index contributed by atoms with van der Waals surface area (Å²) in [5.74, 6) is 1.81. The average molecular weight is 328 g/mol. The molecule has 0 unspecified atom stereocenters. The number of nitrogens with one attached hydrogen (secondary N) is 1. The van der Waals surface area contributed by atoms with Gasteiger partial charge in [-0.05, 0) is 37.4 Å². The lowest BCUT2D eigenvalue weighted by molar-refractivity contribution is 0.216. The molecule has 118 valence electrons. The topological polar surface area (TPSA) is 43.8 Å². The molecule has 0 atom stereocenters. The van der Waals surface area contributed by atoms with Crippen molar-refractivity contribution in [2.75, 3.05) is 38.5 Å². The first kappa shape index (κ1) is 14.5. The third-order valence-electron chi connectivity index (χ3n) is 4.29. The van der Waals surface area contributed by atoms with Crippen molar-refractivity contribution < 1.29 is 0 Å². The molecular formula is C17H18ClN5. The van der Waals surface area contributed by atoms with E-state index in [4.69, 9.17) is 16.6 Å². The number of likely N-dealkylation sites (N-methyl/N-ethyl adjacent to an activating group) is 1. The maximum atomic E-state index is 6.16. The van der Waals surface area contributed by atoms with Crippen LogP contribution in [-0.4, -0.2) is 53.8 Å². The SMILES string of the molecule is CN1CCN(C2=Nc3cc(Cl)ccc3Nc3ncccc32)CC1. The lowest BCUT2D eigenvalue weighted by atomic mass is 10.2. The van der Waals surface area contributed by atoms with E-state index in [1.165, 1.54) is 0 Å². The van der Waals surface area contributed by atoms with Crippen molar-refractivity contribution >= 4 is 34.6 Å². The summed E-state index contributed by atoms with van der Waals surface area (Å²) in [7, 11) is 2.15. The minimum absolute atomic E-state index is 0.686. The summed E-state index contributed by atoms with van der Waals surface area (Å²) in [5.41, 5.74) is 2.81. The van der Waals surface area contributed by atoms with Gasteiger partial charge in [0.15, 0.2) is 0 Å². The van der Waals surface area contributed by atoms with Gasteiger partial charge in [-0.2, -0.15) is 0 Å². The van der Waals surface area contributed by atoms with Crippen LogP contribution >= 0.6 is 11.6 Å². The van der Waals surface area contributed by atoms with Gasteiger partial charge in [-0.1, -0.05) is 11.6 Å². The maximum absolute atomic E-state index is 6.16. The molecule has 2 aliphatic rings. The van der Waals surface area contributed by atoms with Crippen LogP contribution in [0.4, 0.5) is 17.2 Å². The Labute approximate surface area is 140 Å². The van der Waals surface area contributed by atoms with Gasteiger partial charge in [0, 0.05) is 37.4 Å². The molecule has 0 amide bonds. The van der Waals surface area contributed by atoms with E-state index in [9.17, 15) is 0 Å².